The molecule has 1 atom stereocenters. The molecule has 0 bridgehead atoms. The predicted molar refractivity (Wildman–Crippen MR) is 102 cm³/mol. The van der Waals surface area contributed by atoms with E-state index in [0.29, 0.717) is 5.69 Å². The zero-order chi connectivity index (χ0) is 20.3. The van der Waals surface area contributed by atoms with Crippen molar-refractivity contribution in [2.45, 2.75) is 19.9 Å². The molecule has 0 radical (unpaired) electrons. The van der Waals surface area contributed by atoms with Crippen LogP contribution >= 0.6 is 0 Å². The number of carbonyl (C=O) groups excluding carboxylic acids is 4. The third-order valence-corrected chi connectivity index (χ3v) is 4.38. The Morgan fingerprint density at radius 2 is 1.46 bits per heavy atom. The third-order valence-electron chi connectivity index (χ3n) is 4.38. The molecule has 0 fully saturated rings. The van der Waals surface area contributed by atoms with Crippen LogP contribution in [-0.4, -0.2) is 41.2 Å². The standard InChI is InChI=1S/C21H20N2O5/c1-13(2)18(23-19(25)15-10-6-7-11-16(15)20(23)26)21(27)28-12-17(24)22-14-8-4-3-5-9-14/h3-11,13,18H,12H2,1-2H3,(H,22,24)/t18-/m0/s1. The number of hydrogen-bond donors (Lipinski definition) is 1. The van der Waals surface area contributed by atoms with Crippen LogP contribution in [0.4, 0.5) is 5.69 Å². The molecular formula is C21H20N2O5. The highest BCUT2D eigenvalue weighted by molar-refractivity contribution is 6.22. The number of carbonyl (C=O) groups is 4. The fourth-order valence-electron chi connectivity index (χ4n) is 3.08. The van der Waals surface area contributed by atoms with Gasteiger partial charge in [0.15, 0.2) is 6.61 Å². The highest BCUT2D eigenvalue weighted by Gasteiger charge is 2.44. The van der Waals surface area contributed by atoms with Crippen LogP contribution < -0.4 is 5.32 Å². The summed E-state index contributed by atoms with van der Waals surface area (Å²) in [5, 5.41) is 2.60. The van der Waals surface area contributed by atoms with E-state index >= 15 is 0 Å². The second kappa shape index (κ2) is 8.04. The number of ether oxygens (including phenoxy) is 1. The lowest BCUT2D eigenvalue weighted by atomic mass is 10.0. The first-order chi connectivity index (χ1) is 13.4. The number of nitrogens with zero attached hydrogens (tertiary/aromatic N) is 1. The van der Waals surface area contributed by atoms with Gasteiger partial charge in [-0.25, -0.2) is 4.79 Å². The fourth-order valence-corrected chi connectivity index (χ4v) is 3.08. The third kappa shape index (κ3) is 3.78. The van der Waals surface area contributed by atoms with Crippen molar-refractivity contribution in [2.24, 2.45) is 5.92 Å². The second-order valence-corrected chi connectivity index (χ2v) is 6.74. The normalized spacial score (nSPS) is 14.0. The second-order valence-electron chi connectivity index (χ2n) is 6.74. The molecular weight excluding hydrogens is 360 g/mol. The van der Waals surface area contributed by atoms with Crippen LogP contribution in [0.1, 0.15) is 34.6 Å². The van der Waals surface area contributed by atoms with E-state index in [4.69, 9.17) is 4.74 Å². The first-order valence-corrected chi connectivity index (χ1v) is 8.88. The van der Waals surface area contributed by atoms with Crippen molar-refractivity contribution >= 4 is 29.4 Å². The van der Waals surface area contributed by atoms with Crippen molar-refractivity contribution in [1.82, 2.24) is 4.90 Å². The van der Waals surface area contributed by atoms with E-state index in [1.165, 1.54) is 0 Å². The number of imide groups is 1. The summed E-state index contributed by atoms with van der Waals surface area (Å²) in [5.74, 6) is -2.76. The van der Waals surface area contributed by atoms with Gasteiger partial charge in [-0.1, -0.05) is 44.2 Å². The van der Waals surface area contributed by atoms with E-state index < -0.39 is 36.3 Å². The topological polar surface area (TPSA) is 92.8 Å². The zero-order valence-corrected chi connectivity index (χ0v) is 15.5. The van der Waals surface area contributed by atoms with E-state index in [-0.39, 0.29) is 17.0 Å². The summed E-state index contributed by atoms with van der Waals surface area (Å²) < 4.78 is 5.11. The van der Waals surface area contributed by atoms with Crippen molar-refractivity contribution in [3.63, 3.8) is 0 Å². The highest BCUT2D eigenvalue weighted by Crippen LogP contribution is 2.27. The van der Waals surface area contributed by atoms with Crippen LogP contribution in [0, 0.1) is 5.92 Å². The molecule has 2 aromatic carbocycles. The molecule has 1 aliphatic rings. The summed E-state index contributed by atoms with van der Waals surface area (Å²) in [5.41, 5.74) is 1.09. The van der Waals surface area contributed by atoms with Gasteiger partial charge in [-0.15, -0.1) is 0 Å². The number of para-hydroxylation sites is 1. The molecule has 0 spiro atoms. The Morgan fingerprint density at radius 1 is 0.929 bits per heavy atom. The maximum atomic E-state index is 12.7. The van der Waals surface area contributed by atoms with Crippen LogP contribution in [0.25, 0.3) is 0 Å². The van der Waals surface area contributed by atoms with Gasteiger partial charge >= 0.3 is 5.97 Å². The van der Waals surface area contributed by atoms with Crippen LogP contribution in [0.2, 0.25) is 0 Å². The minimum atomic E-state index is -1.11. The van der Waals surface area contributed by atoms with Gasteiger partial charge in [0.2, 0.25) is 0 Å². The predicted octanol–water partition coefficient (Wildman–Crippen LogP) is 2.49. The van der Waals surface area contributed by atoms with Crippen LogP contribution in [-0.2, 0) is 14.3 Å². The fraction of sp³-hybridized carbons (Fsp3) is 0.238. The summed E-state index contributed by atoms with van der Waals surface area (Å²) in [6.45, 7) is 2.90. The number of anilines is 1. The number of fused-ring (bicyclic) bond motifs is 1. The number of amides is 3. The molecule has 0 saturated carbocycles. The maximum absolute atomic E-state index is 12.7. The van der Waals surface area contributed by atoms with Crippen molar-refractivity contribution in [3.8, 4) is 0 Å². The SMILES string of the molecule is CC(C)[C@@H](C(=O)OCC(=O)Nc1ccccc1)N1C(=O)c2ccccc2C1=O. The quantitative estimate of drug-likeness (QED) is 0.614. The van der Waals surface area contributed by atoms with Gasteiger partial charge in [0.05, 0.1) is 11.1 Å². The van der Waals surface area contributed by atoms with E-state index in [9.17, 15) is 19.2 Å². The van der Waals surface area contributed by atoms with Crippen molar-refractivity contribution in [3.05, 3.63) is 65.7 Å². The number of benzene rings is 2. The van der Waals surface area contributed by atoms with E-state index in [0.717, 1.165) is 4.90 Å². The van der Waals surface area contributed by atoms with Gasteiger partial charge in [-0.2, -0.15) is 0 Å². The first-order valence-electron chi connectivity index (χ1n) is 8.88. The molecule has 2 aromatic rings. The molecule has 0 aromatic heterocycles. The Kier molecular flexibility index (Phi) is 5.54. The molecule has 1 N–H and O–H groups in total. The summed E-state index contributed by atoms with van der Waals surface area (Å²) in [6, 6.07) is 14.0. The number of rotatable bonds is 6. The summed E-state index contributed by atoms with van der Waals surface area (Å²) in [4.78, 5) is 50.9. The molecule has 0 unspecified atom stereocenters. The van der Waals surface area contributed by atoms with Crippen LogP contribution in [0.3, 0.4) is 0 Å². The number of esters is 1. The molecule has 1 aliphatic heterocycles. The average molecular weight is 380 g/mol. The lowest BCUT2D eigenvalue weighted by Gasteiger charge is -2.27. The Balaban J connectivity index is 1.69. The molecule has 7 heteroatoms. The van der Waals surface area contributed by atoms with Crippen LogP contribution in [0.15, 0.2) is 54.6 Å². The monoisotopic (exact) mass is 380 g/mol. The summed E-state index contributed by atoms with van der Waals surface area (Å²) in [6.07, 6.45) is 0. The Hall–Kier alpha value is -3.48. The Morgan fingerprint density at radius 3 is 2.00 bits per heavy atom. The Labute approximate surface area is 162 Å². The van der Waals surface area contributed by atoms with Gasteiger partial charge in [0.1, 0.15) is 6.04 Å². The summed E-state index contributed by atoms with van der Waals surface area (Å²) >= 11 is 0. The largest absolute Gasteiger partial charge is 0.454 e. The molecule has 144 valence electrons. The number of nitrogens with one attached hydrogen (secondary N) is 1. The number of hydrogen-bond acceptors (Lipinski definition) is 5. The minimum Gasteiger partial charge on any atom is -0.454 e. The van der Waals surface area contributed by atoms with Gasteiger partial charge in [-0.3, -0.25) is 19.3 Å². The van der Waals surface area contributed by atoms with Crippen molar-refractivity contribution < 1.29 is 23.9 Å². The van der Waals surface area contributed by atoms with Gasteiger partial charge in [-0.05, 0) is 30.2 Å². The van der Waals surface area contributed by atoms with Gasteiger partial charge in [0, 0.05) is 5.69 Å². The molecule has 0 aliphatic carbocycles. The molecule has 1 heterocycles. The molecule has 0 saturated heterocycles. The molecule has 3 rings (SSSR count). The van der Waals surface area contributed by atoms with Crippen molar-refractivity contribution in [2.75, 3.05) is 11.9 Å². The summed E-state index contributed by atoms with van der Waals surface area (Å²) in [7, 11) is 0. The lowest BCUT2D eigenvalue weighted by Crippen LogP contribution is -2.49. The average Bonchev–Trinajstić information content (AvgIpc) is 2.93. The maximum Gasteiger partial charge on any atom is 0.330 e. The van der Waals surface area contributed by atoms with E-state index in [1.54, 1.807) is 62.4 Å². The first kappa shape index (κ1) is 19.3. The van der Waals surface area contributed by atoms with Gasteiger partial charge in [0.25, 0.3) is 17.7 Å². The lowest BCUT2D eigenvalue weighted by molar-refractivity contribution is -0.152. The smallest absolute Gasteiger partial charge is 0.330 e. The van der Waals surface area contributed by atoms with E-state index in [1.807, 2.05) is 6.07 Å². The van der Waals surface area contributed by atoms with Crippen molar-refractivity contribution in [1.29, 1.82) is 0 Å². The van der Waals surface area contributed by atoms with E-state index in [2.05, 4.69) is 5.32 Å². The molecule has 7 nitrogen and oxygen atoms in total. The molecule has 28 heavy (non-hydrogen) atoms. The minimum absolute atomic E-state index is 0.257. The Bertz CT molecular complexity index is 888. The molecule has 3 amide bonds. The highest BCUT2D eigenvalue weighted by atomic mass is 16.5. The zero-order valence-electron chi connectivity index (χ0n) is 15.5. The van der Waals surface area contributed by atoms with Gasteiger partial charge < -0.3 is 10.1 Å². The van der Waals surface area contributed by atoms with Crippen LogP contribution in [0.5, 0.6) is 0 Å².